The minimum Gasteiger partial charge on any atom is -0.477 e. The summed E-state index contributed by atoms with van der Waals surface area (Å²) in [6.07, 6.45) is 10.3. The number of allylic oxidation sites excluding steroid dienone is 2. The van der Waals surface area contributed by atoms with Crippen molar-refractivity contribution < 1.29 is 4.74 Å². The normalized spacial score (nSPS) is 16.6. The third-order valence-corrected chi connectivity index (χ3v) is 1.81. The Balaban J connectivity index is 4.10. The molecule has 0 aliphatic rings. The summed E-state index contributed by atoms with van der Waals surface area (Å²) in [6, 6.07) is 0. The predicted octanol–water partition coefficient (Wildman–Crippen LogP) is 2.96. The van der Waals surface area contributed by atoms with Crippen molar-refractivity contribution in [3.63, 3.8) is 0 Å². The van der Waals surface area contributed by atoms with Crippen molar-refractivity contribution in [1.29, 1.82) is 0 Å². The Bertz CT molecular complexity index is 175. The maximum atomic E-state index is 5.96. The summed E-state index contributed by atoms with van der Waals surface area (Å²) in [4.78, 5) is 0. The van der Waals surface area contributed by atoms with E-state index in [9.17, 15) is 0 Å². The molecule has 76 valence electrons. The fraction of sp³-hybridized carbons (Fsp3) is 0.636. The van der Waals surface area contributed by atoms with Crippen LogP contribution in [0.1, 0.15) is 40.0 Å². The molecule has 1 unspecified atom stereocenters. The Labute approximate surface area is 81.5 Å². The summed E-state index contributed by atoms with van der Waals surface area (Å²) in [7, 11) is 0. The molecule has 2 N–H and O–H groups in total. The van der Waals surface area contributed by atoms with Crippen LogP contribution in [-0.2, 0) is 4.74 Å². The first-order chi connectivity index (χ1) is 6.18. The maximum absolute atomic E-state index is 5.96. The zero-order chi connectivity index (χ0) is 10.2. The van der Waals surface area contributed by atoms with Gasteiger partial charge < -0.3 is 4.74 Å². The van der Waals surface area contributed by atoms with Crippen molar-refractivity contribution in [3.8, 4) is 0 Å². The summed E-state index contributed by atoms with van der Waals surface area (Å²) in [6.45, 7) is 6.15. The average molecular weight is 183 g/mol. The zero-order valence-corrected chi connectivity index (χ0v) is 8.92. The van der Waals surface area contributed by atoms with Gasteiger partial charge in [-0.15, -0.1) is 0 Å². The molecule has 0 aromatic heterocycles. The molecule has 0 radical (unpaired) electrons. The highest BCUT2D eigenvalue weighted by molar-refractivity contribution is 4.98. The largest absolute Gasteiger partial charge is 0.477 e. The molecule has 0 saturated heterocycles. The van der Waals surface area contributed by atoms with E-state index in [0.717, 1.165) is 19.3 Å². The molecule has 0 aromatic rings. The zero-order valence-electron chi connectivity index (χ0n) is 8.92. The molecule has 0 fully saturated rings. The molecular formula is C11H21NO. The van der Waals surface area contributed by atoms with Crippen LogP contribution in [0.25, 0.3) is 0 Å². The van der Waals surface area contributed by atoms with Crippen molar-refractivity contribution in [1.82, 2.24) is 0 Å². The van der Waals surface area contributed by atoms with E-state index >= 15 is 0 Å². The average Bonchev–Trinajstić information content (AvgIpc) is 2.15. The van der Waals surface area contributed by atoms with Gasteiger partial charge in [-0.3, -0.25) is 5.73 Å². The minimum absolute atomic E-state index is 0.623. The first-order valence-electron chi connectivity index (χ1n) is 4.98. The van der Waals surface area contributed by atoms with E-state index in [2.05, 4.69) is 13.8 Å². The molecule has 0 amide bonds. The second-order valence-corrected chi connectivity index (χ2v) is 3.02. The van der Waals surface area contributed by atoms with Crippen LogP contribution in [0.3, 0.4) is 0 Å². The molecule has 0 aromatic carbocycles. The van der Waals surface area contributed by atoms with Crippen LogP contribution in [0.5, 0.6) is 0 Å². The van der Waals surface area contributed by atoms with E-state index in [-0.39, 0.29) is 0 Å². The van der Waals surface area contributed by atoms with Crippen LogP contribution in [-0.4, -0.2) is 5.72 Å². The van der Waals surface area contributed by atoms with E-state index < -0.39 is 5.72 Å². The molecular weight excluding hydrogens is 162 g/mol. The number of hydrogen-bond donors (Lipinski definition) is 1. The van der Waals surface area contributed by atoms with Gasteiger partial charge in [0.1, 0.15) is 0 Å². The lowest BCUT2D eigenvalue weighted by Gasteiger charge is -2.23. The van der Waals surface area contributed by atoms with Gasteiger partial charge in [0.15, 0.2) is 5.72 Å². The van der Waals surface area contributed by atoms with Crippen LogP contribution >= 0.6 is 0 Å². The Hall–Kier alpha value is -0.760. The highest BCUT2D eigenvalue weighted by Gasteiger charge is 2.17. The molecule has 0 saturated carbocycles. The van der Waals surface area contributed by atoms with Crippen LogP contribution in [0.15, 0.2) is 24.5 Å². The molecule has 0 aliphatic carbocycles. The lowest BCUT2D eigenvalue weighted by atomic mass is 10.1. The minimum atomic E-state index is -0.623. The molecule has 0 rings (SSSR count). The smallest absolute Gasteiger partial charge is 0.176 e. The lowest BCUT2D eigenvalue weighted by molar-refractivity contribution is 0.0699. The molecule has 2 nitrogen and oxygen atoms in total. The van der Waals surface area contributed by atoms with Crippen molar-refractivity contribution in [3.05, 3.63) is 24.5 Å². The van der Waals surface area contributed by atoms with Crippen molar-refractivity contribution >= 4 is 0 Å². The van der Waals surface area contributed by atoms with Crippen LogP contribution in [0, 0.1) is 0 Å². The second kappa shape index (κ2) is 6.72. The third-order valence-electron chi connectivity index (χ3n) is 1.81. The van der Waals surface area contributed by atoms with Gasteiger partial charge in [-0.2, -0.15) is 0 Å². The number of rotatable bonds is 6. The SMILES string of the molecule is CC/C=C/OC(N)(/C=C/CC)CC. The van der Waals surface area contributed by atoms with Crippen LogP contribution < -0.4 is 5.73 Å². The van der Waals surface area contributed by atoms with E-state index in [1.165, 1.54) is 0 Å². The van der Waals surface area contributed by atoms with Crippen molar-refractivity contribution in [2.45, 2.75) is 45.8 Å². The standard InChI is InChI=1S/C11H21NO/c1-4-7-9-11(12,6-3)13-10-8-5-2/h7-10H,4-6,12H2,1-3H3/b9-7+,10-8+. The maximum Gasteiger partial charge on any atom is 0.176 e. The molecule has 13 heavy (non-hydrogen) atoms. The van der Waals surface area contributed by atoms with Gasteiger partial charge in [0, 0.05) is 6.42 Å². The molecule has 0 bridgehead atoms. The summed E-state index contributed by atoms with van der Waals surface area (Å²) >= 11 is 0. The van der Waals surface area contributed by atoms with Gasteiger partial charge in [0.2, 0.25) is 0 Å². The van der Waals surface area contributed by atoms with Gasteiger partial charge in [-0.1, -0.05) is 26.8 Å². The van der Waals surface area contributed by atoms with Gasteiger partial charge >= 0.3 is 0 Å². The topological polar surface area (TPSA) is 35.2 Å². The van der Waals surface area contributed by atoms with Gasteiger partial charge in [0.25, 0.3) is 0 Å². The highest BCUT2D eigenvalue weighted by Crippen LogP contribution is 2.11. The molecule has 2 heteroatoms. The fourth-order valence-corrected chi connectivity index (χ4v) is 0.829. The Morgan fingerprint density at radius 3 is 2.23 bits per heavy atom. The Morgan fingerprint density at radius 2 is 1.77 bits per heavy atom. The van der Waals surface area contributed by atoms with E-state index in [1.54, 1.807) is 6.26 Å². The first kappa shape index (κ1) is 12.2. The fourth-order valence-electron chi connectivity index (χ4n) is 0.829. The summed E-state index contributed by atoms with van der Waals surface area (Å²) in [5.41, 5.74) is 5.34. The summed E-state index contributed by atoms with van der Waals surface area (Å²) in [5.74, 6) is 0. The number of hydrogen-bond acceptors (Lipinski definition) is 2. The number of nitrogens with two attached hydrogens (primary N) is 1. The lowest BCUT2D eigenvalue weighted by Crippen LogP contribution is -2.38. The van der Waals surface area contributed by atoms with Crippen molar-refractivity contribution in [2.24, 2.45) is 5.73 Å². The third kappa shape index (κ3) is 5.47. The predicted molar refractivity (Wildman–Crippen MR) is 57.2 cm³/mol. The van der Waals surface area contributed by atoms with E-state index in [4.69, 9.17) is 10.5 Å². The van der Waals surface area contributed by atoms with Gasteiger partial charge in [-0.05, 0) is 25.0 Å². The summed E-state index contributed by atoms with van der Waals surface area (Å²) < 4.78 is 5.43. The first-order valence-corrected chi connectivity index (χ1v) is 4.98. The molecule has 0 aliphatic heterocycles. The van der Waals surface area contributed by atoms with Gasteiger partial charge in [-0.25, -0.2) is 0 Å². The van der Waals surface area contributed by atoms with Crippen LogP contribution in [0.4, 0.5) is 0 Å². The Kier molecular flexibility index (Phi) is 6.33. The quantitative estimate of drug-likeness (QED) is 0.390. The monoisotopic (exact) mass is 183 g/mol. The molecule has 0 spiro atoms. The van der Waals surface area contributed by atoms with E-state index in [1.807, 2.05) is 25.2 Å². The Morgan fingerprint density at radius 1 is 1.15 bits per heavy atom. The van der Waals surface area contributed by atoms with E-state index in [0.29, 0.717) is 0 Å². The molecule has 1 atom stereocenters. The second-order valence-electron chi connectivity index (χ2n) is 3.02. The summed E-state index contributed by atoms with van der Waals surface area (Å²) in [5, 5.41) is 0. The van der Waals surface area contributed by atoms with Crippen molar-refractivity contribution in [2.75, 3.05) is 0 Å². The van der Waals surface area contributed by atoms with Crippen LogP contribution in [0.2, 0.25) is 0 Å². The highest BCUT2D eigenvalue weighted by atomic mass is 16.5. The number of ether oxygens (including phenoxy) is 1. The van der Waals surface area contributed by atoms with Gasteiger partial charge in [0.05, 0.1) is 6.26 Å². The molecule has 0 heterocycles.